The van der Waals surface area contributed by atoms with Gasteiger partial charge >= 0.3 is 0 Å². The van der Waals surface area contributed by atoms with Crippen molar-refractivity contribution in [1.82, 2.24) is 10.6 Å². The molecule has 0 bridgehead atoms. The number of hydrogen-bond donors (Lipinski definition) is 2. The zero-order valence-corrected chi connectivity index (χ0v) is 7.40. The van der Waals surface area contributed by atoms with Crippen LogP contribution in [0.15, 0.2) is 28.3 Å². The van der Waals surface area contributed by atoms with E-state index in [0.717, 1.165) is 19.6 Å². The lowest BCUT2D eigenvalue weighted by Gasteiger charge is -2.29. The maximum Gasteiger partial charge on any atom is 0.123 e. The second kappa shape index (κ2) is 2.79. The Balaban J connectivity index is 1.93. The number of hydrogen-bond acceptors (Lipinski definition) is 3. The summed E-state index contributed by atoms with van der Waals surface area (Å²) < 4.78 is 7.59. The Morgan fingerprint density at radius 1 is 1.54 bits per heavy atom. The maximum atomic E-state index is 7.59. The molecule has 1 saturated heterocycles. The molecule has 0 saturated carbocycles. The van der Waals surface area contributed by atoms with Gasteiger partial charge in [0.15, 0.2) is 0 Å². The fraction of sp³-hybridized carbons (Fsp3) is 0.500. The first kappa shape index (κ1) is 6.51. The lowest BCUT2D eigenvalue weighted by Crippen LogP contribution is -2.46. The van der Waals surface area contributed by atoms with Crippen LogP contribution in [0.5, 0.6) is 0 Å². The van der Waals surface area contributed by atoms with E-state index < -0.39 is 0 Å². The number of nitrogens with zero attached hydrogens (tertiary/aromatic N) is 1. The summed E-state index contributed by atoms with van der Waals surface area (Å²) in [6.45, 7) is 2.42. The fourth-order valence-electron chi connectivity index (χ4n) is 2.14. The molecule has 2 unspecified atom stereocenters. The van der Waals surface area contributed by atoms with Gasteiger partial charge in [0.1, 0.15) is 1.41 Å². The number of dihydropyridines is 1. The molecule has 2 N–H and O–H groups in total. The van der Waals surface area contributed by atoms with Crippen LogP contribution in [-0.4, -0.2) is 37.9 Å². The molecule has 0 radical (unpaired) electrons. The van der Waals surface area contributed by atoms with Crippen LogP contribution in [0.4, 0.5) is 0 Å². The first-order valence-corrected chi connectivity index (χ1v) is 4.73. The highest BCUT2D eigenvalue weighted by atomic mass is 15.1. The molecule has 0 spiro atoms. The Bertz CT molecular complexity index is 345. The van der Waals surface area contributed by atoms with Crippen molar-refractivity contribution < 1.29 is 1.41 Å². The van der Waals surface area contributed by atoms with Crippen molar-refractivity contribution in [2.45, 2.75) is 12.1 Å². The number of nitrogens with one attached hydrogen (secondary N) is 2. The topological polar surface area (TPSA) is 36.4 Å². The summed E-state index contributed by atoms with van der Waals surface area (Å²) in [5.74, 6) is 0. The molecule has 1 fully saturated rings. The van der Waals surface area contributed by atoms with Crippen molar-refractivity contribution in [2.75, 3.05) is 19.6 Å². The van der Waals surface area contributed by atoms with Gasteiger partial charge in [-0.1, -0.05) is 6.08 Å². The summed E-state index contributed by atoms with van der Waals surface area (Å²) in [6.07, 6.45) is 6.18. The van der Waals surface area contributed by atoms with Crippen LogP contribution in [0.2, 0.25) is 1.41 Å². The molecule has 0 aromatic carbocycles. The standard InChI is InChI=1S/C10H13N3/c1-2-11-5-9-7(1)3-8-4-12-6-10(8)13-9/h1-3,9-10,12-13H,4-6H2/i/hD. The summed E-state index contributed by atoms with van der Waals surface area (Å²) in [5, 5.41) is 5.15. The van der Waals surface area contributed by atoms with Crippen LogP contribution in [0.1, 0.15) is 0 Å². The lowest BCUT2D eigenvalue weighted by molar-refractivity contribution is 0.510. The average molecular weight is 176 g/mol. The molecule has 3 aliphatic rings. The normalized spacial score (nSPS) is 38.9. The zero-order valence-electron chi connectivity index (χ0n) is 8.40. The number of allylic oxidation sites excluding steroid dienone is 1. The van der Waals surface area contributed by atoms with E-state index >= 15 is 0 Å². The Morgan fingerprint density at radius 3 is 3.54 bits per heavy atom. The van der Waals surface area contributed by atoms with Gasteiger partial charge in [-0.15, -0.1) is 0 Å². The van der Waals surface area contributed by atoms with E-state index in [1.54, 1.807) is 5.31 Å². The van der Waals surface area contributed by atoms with Gasteiger partial charge in [-0.25, -0.2) is 0 Å². The van der Waals surface area contributed by atoms with Gasteiger partial charge in [-0.3, -0.25) is 4.99 Å². The summed E-state index contributed by atoms with van der Waals surface area (Å²) >= 11 is 0. The minimum atomic E-state index is 0.375. The summed E-state index contributed by atoms with van der Waals surface area (Å²) in [7, 11) is 0. The lowest BCUT2D eigenvalue weighted by atomic mass is 9.94. The Hall–Kier alpha value is -0.930. The molecule has 68 valence electrons. The highest BCUT2D eigenvalue weighted by Crippen LogP contribution is 2.21. The number of aliphatic imine (C=N–C) groups is 1. The van der Waals surface area contributed by atoms with E-state index in [-0.39, 0.29) is 0 Å². The maximum absolute atomic E-state index is 7.59. The molecule has 0 aliphatic carbocycles. The highest BCUT2D eigenvalue weighted by molar-refractivity contribution is 5.75. The molecule has 13 heavy (non-hydrogen) atoms. The highest BCUT2D eigenvalue weighted by Gasteiger charge is 2.29. The quantitative estimate of drug-likeness (QED) is 0.539. The van der Waals surface area contributed by atoms with E-state index in [1.807, 2.05) is 6.21 Å². The third kappa shape index (κ3) is 1.16. The molecule has 2 atom stereocenters. The van der Waals surface area contributed by atoms with Crippen molar-refractivity contribution in [1.29, 1.82) is 0 Å². The van der Waals surface area contributed by atoms with Crippen LogP contribution in [-0.2, 0) is 0 Å². The minimum absolute atomic E-state index is 0.375. The van der Waals surface area contributed by atoms with E-state index in [0.29, 0.717) is 12.1 Å². The van der Waals surface area contributed by atoms with E-state index in [4.69, 9.17) is 1.41 Å². The summed E-state index contributed by atoms with van der Waals surface area (Å²) in [6, 6.07) is 0.753. The third-order valence-electron chi connectivity index (χ3n) is 2.87. The second-order valence-corrected chi connectivity index (χ2v) is 3.74. The largest absolute Gasteiger partial charge is 0.311 e. The van der Waals surface area contributed by atoms with Gasteiger partial charge in [0.05, 0.1) is 12.6 Å². The Kier molecular flexibility index (Phi) is 1.40. The van der Waals surface area contributed by atoms with Crippen molar-refractivity contribution in [3.05, 3.63) is 23.3 Å². The molecule has 3 rings (SSSR count). The van der Waals surface area contributed by atoms with Gasteiger partial charge in [0.25, 0.3) is 0 Å². The van der Waals surface area contributed by atoms with Crippen LogP contribution in [0.25, 0.3) is 0 Å². The van der Waals surface area contributed by atoms with Crippen LogP contribution >= 0.6 is 0 Å². The minimum Gasteiger partial charge on any atom is -0.311 e. The molecule has 0 aromatic heterocycles. The first-order chi connectivity index (χ1) is 6.83. The predicted octanol–water partition coefficient (Wildman–Crippen LogP) is -0.133. The second-order valence-electron chi connectivity index (χ2n) is 3.74. The Morgan fingerprint density at radius 2 is 2.54 bits per heavy atom. The average Bonchev–Trinajstić information content (AvgIpc) is 2.53. The van der Waals surface area contributed by atoms with Crippen molar-refractivity contribution in [3.8, 4) is 0 Å². The van der Waals surface area contributed by atoms with Crippen LogP contribution in [0, 0.1) is 0 Å². The molecular formula is C10H13N3. The molecule has 3 heterocycles. The van der Waals surface area contributed by atoms with Gasteiger partial charge < -0.3 is 10.6 Å². The third-order valence-corrected chi connectivity index (χ3v) is 2.87. The SMILES string of the molecule is [2H]N1CC2=CC3=CC=NCC3NC2C1. The van der Waals surface area contributed by atoms with Crippen molar-refractivity contribution in [2.24, 2.45) is 4.99 Å². The molecule has 3 heteroatoms. The smallest absolute Gasteiger partial charge is 0.123 e. The van der Waals surface area contributed by atoms with Crippen LogP contribution < -0.4 is 10.6 Å². The summed E-state index contributed by atoms with van der Waals surface area (Å²) in [5.41, 5.74) is 2.67. The molecule has 0 amide bonds. The fourth-order valence-corrected chi connectivity index (χ4v) is 2.14. The zero-order chi connectivity index (χ0) is 9.54. The monoisotopic (exact) mass is 176 g/mol. The van der Waals surface area contributed by atoms with Gasteiger partial charge in [0.2, 0.25) is 0 Å². The number of rotatable bonds is 0. The van der Waals surface area contributed by atoms with Gasteiger partial charge in [-0.2, -0.15) is 0 Å². The van der Waals surface area contributed by atoms with Crippen LogP contribution in [0.3, 0.4) is 0 Å². The molecule has 0 aromatic rings. The van der Waals surface area contributed by atoms with E-state index in [9.17, 15) is 0 Å². The molecular weight excluding hydrogens is 162 g/mol. The van der Waals surface area contributed by atoms with Gasteiger partial charge in [-0.05, 0) is 17.2 Å². The number of fused-ring (bicyclic) bond motifs is 2. The predicted molar refractivity (Wildman–Crippen MR) is 53.1 cm³/mol. The first-order valence-electron chi connectivity index (χ1n) is 5.18. The van der Waals surface area contributed by atoms with Crippen molar-refractivity contribution >= 4 is 6.21 Å². The Labute approximate surface area is 79.1 Å². The summed E-state index contributed by atoms with van der Waals surface area (Å²) in [4.78, 5) is 4.24. The van der Waals surface area contributed by atoms with Crippen molar-refractivity contribution in [3.63, 3.8) is 0 Å². The van der Waals surface area contributed by atoms with E-state index in [1.165, 1.54) is 11.1 Å². The molecule has 3 aliphatic heterocycles. The van der Waals surface area contributed by atoms with E-state index in [2.05, 4.69) is 22.5 Å². The molecule has 3 nitrogen and oxygen atoms in total. The van der Waals surface area contributed by atoms with Gasteiger partial charge in [0, 0.05) is 25.3 Å².